The molecule has 1 rings (SSSR count). The number of rotatable bonds is 5. The van der Waals surface area contributed by atoms with Crippen molar-refractivity contribution in [3.63, 3.8) is 0 Å². The number of urea groups is 1. The summed E-state index contributed by atoms with van der Waals surface area (Å²) in [7, 11) is 0. The number of hydrogen-bond donors (Lipinski definition) is 1. The third-order valence-corrected chi connectivity index (χ3v) is 3.22. The van der Waals surface area contributed by atoms with Crippen molar-refractivity contribution in [2.24, 2.45) is 0 Å². The molecule has 0 unspecified atom stereocenters. The summed E-state index contributed by atoms with van der Waals surface area (Å²) in [6.07, 6.45) is -0.460. The monoisotopic (exact) mass is 270 g/mol. The first kappa shape index (κ1) is 15.1. The zero-order valence-corrected chi connectivity index (χ0v) is 11.5. The molecule has 0 aromatic rings. The second kappa shape index (κ2) is 5.38. The van der Waals surface area contributed by atoms with Crippen molar-refractivity contribution in [3.8, 4) is 0 Å². The summed E-state index contributed by atoms with van der Waals surface area (Å²) in [4.78, 5) is 46.9. The van der Waals surface area contributed by atoms with Crippen molar-refractivity contribution in [2.45, 2.75) is 45.8 Å². The molecule has 7 nitrogen and oxygen atoms in total. The van der Waals surface area contributed by atoms with Gasteiger partial charge in [-0.15, -0.1) is 0 Å². The fourth-order valence-corrected chi connectivity index (χ4v) is 1.58. The molecule has 0 aliphatic carbocycles. The first-order valence-corrected chi connectivity index (χ1v) is 6.05. The number of amides is 3. The summed E-state index contributed by atoms with van der Waals surface area (Å²) >= 11 is 0. The number of hydrogen-bond acceptors (Lipinski definition) is 5. The molecule has 0 saturated carbocycles. The van der Waals surface area contributed by atoms with E-state index >= 15 is 0 Å². The van der Waals surface area contributed by atoms with Crippen LogP contribution in [0, 0.1) is 0 Å². The smallest absolute Gasteiger partial charge is 0.326 e. The molecule has 1 aliphatic heterocycles. The van der Waals surface area contributed by atoms with Crippen molar-refractivity contribution in [3.05, 3.63) is 0 Å². The van der Waals surface area contributed by atoms with Gasteiger partial charge in [0, 0.05) is 0 Å². The van der Waals surface area contributed by atoms with Gasteiger partial charge in [0.1, 0.15) is 12.1 Å². The number of imide groups is 1. The minimum atomic E-state index is -0.983. The lowest BCUT2D eigenvalue weighted by Crippen LogP contribution is -2.43. The number of ketones is 1. The van der Waals surface area contributed by atoms with E-state index in [1.807, 2.05) is 0 Å². The number of esters is 1. The molecule has 2 atom stereocenters. The van der Waals surface area contributed by atoms with E-state index in [9.17, 15) is 19.2 Å². The predicted octanol–water partition coefficient (Wildman–Crippen LogP) is 0.228. The number of nitrogens with one attached hydrogen (secondary N) is 1. The predicted molar refractivity (Wildman–Crippen MR) is 65.2 cm³/mol. The molecule has 0 aromatic heterocycles. The average Bonchev–Trinajstić information content (AvgIpc) is 2.53. The Morgan fingerprint density at radius 1 is 1.42 bits per heavy atom. The Morgan fingerprint density at radius 3 is 2.42 bits per heavy atom. The quantitative estimate of drug-likeness (QED) is 0.570. The lowest BCUT2D eigenvalue weighted by Gasteiger charge is -2.19. The normalized spacial score (nSPS) is 24.1. The zero-order chi connectivity index (χ0) is 14.8. The number of Topliss-reactive ketones (excluding diaryl/α,β-unsaturated/α-hetero) is 1. The van der Waals surface area contributed by atoms with Crippen LogP contribution in [-0.2, 0) is 19.1 Å². The van der Waals surface area contributed by atoms with Gasteiger partial charge in [-0.3, -0.25) is 19.3 Å². The molecule has 0 aromatic carbocycles. The van der Waals surface area contributed by atoms with Gasteiger partial charge < -0.3 is 10.1 Å². The van der Waals surface area contributed by atoms with E-state index in [-0.39, 0.29) is 5.78 Å². The van der Waals surface area contributed by atoms with Gasteiger partial charge in [-0.2, -0.15) is 0 Å². The summed E-state index contributed by atoms with van der Waals surface area (Å²) in [5, 5.41) is 2.52. The molecule has 3 amide bonds. The summed E-state index contributed by atoms with van der Waals surface area (Å²) < 4.78 is 4.81. The fraction of sp³-hybridized carbons (Fsp3) is 0.667. The maximum absolute atomic E-state index is 12.0. The van der Waals surface area contributed by atoms with Crippen molar-refractivity contribution in [2.75, 3.05) is 6.54 Å². The number of ether oxygens (including phenoxy) is 1. The molecule has 7 heteroatoms. The van der Waals surface area contributed by atoms with Crippen molar-refractivity contribution in [1.82, 2.24) is 10.2 Å². The van der Waals surface area contributed by atoms with Crippen LogP contribution in [0.1, 0.15) is 34.1 Å². The van der Waals surface area contributed by atoms with Crippen LogP contribution in [0.3, 0.4) is 0 Å². The van der Waals surface area contributed by atoms with Gasteiger partial charge in [-0.1, -0.05) is 6.92 Å². The first-order chi connectivity index (χ1) is 8.71. The van der Waals surface area contributed by atoms with Gasteiger partial charge in [0.15, 0.2) is 11.9 Å². The third-order valence-electron chi connectivity index (χ3n) is 3.22. The molecule has 0 bridgehead atoms. The van der Waals surface area contributed by atoms with Gasteiger partial charge >= 0.3 is 12.0 Å². The molecule has 19 heavy (non-hydrogen) atoms. The fourth-order valence-electron chi connectivity index (χ4n) is 1.58. The lowest BCUT2D eigenvalue weighted by molar-refractivity contribution is -0.155. The van der Waals surface area contributed by atoms with Crippen LogP contribution in [0.15, 0.2) is 0 Å². The number of nitrogens with zero attached hydrogens (tertiary/aromatic N) is 1. The van der Waals surface area contributed by atoms with E-state index < -0.39 is 36.1 Å². The molecule has 1 saturated heterocycles. The van der Waals surface area contributed by atoms with Gasteiger partial charge in [-0.05, 0) is 27.2 Å². The van der Waals surface area contributed by atoms with E-state index in [0.717, 1.165) is 4.90 Å². The first-order valence-electron chi connectivity index (χ1n) is 6.05. The minimum Gasteiger partial charge on any atom is -0.453 e. The van der Waals surface area contributed by atoms with E-state index in [0.29, 0.717) is 6.42 Å². The van der Waals surface area contributed by atoms with Crippen LogP contribution in [0.2, 0.25) is 0 Å². The topological polar surface area (TPSA) is 92.8 Å². The van der Waals surface area contributed by atoms with Crippen LogP contribution in [0.25, 0.3) is 0 Å². The van der Waals surface area contributed by atoms with E-state index in [2.05, 4.69) is 5.32 Å². The summed E-state index contributed by atoms with van der Waals surface area (Å²) in [6.45, 7) is 5.59. The maximum atomic E-state index is 12.0. The summed E-state index contributed by atoms with van der Waals surface area (Å²) in [5.41, 5.74) is -0.983. The Morgan fingerprint density at radius 2 is 2.00 bits per heavy atom. The molecule has 1 N–H and O–H groups in total. The van der Waals surface area contributed by atoms with Crippen molar-refractivity contribution >= 4 is 23.7 Å². The number of carbonyl (C=O) groups is 4. The highest BCUT2D eigenvalue weighted by molar-refractivity contribution is 6.08. The Labute approximate surface area is 111 Å². The van der Waals surface area contributed by atoms with Gasteiger partial charge in [0.05, 0.1) is 0 Å². The largest absolute Gasteiger partial charge is 0.453 e. The Hall–Kier alpha value is -1.92. The SMILES string of the molecule is CC[C@]1(C)NC(=O)N(CC(=O)O[C@@H](C)C(C)=O)C1=O. The summed E-state index contributed by atoms with van der Waals surface area (Å²) in [6, 6.07) is -0.623. The Kier molecular flexibility index (Phi) is 4.28. The maximum Gasteiger partial charge on any atom is 0.326 e. The highest BCUT2D eigenvalue weighted by Crippen LogP contribution is 2.20. The van der Waals surface area contributed by atoms with Crippen LogP contribution in [-0.4, -0.2) is 46.8 Å². The molecule has 1 aliphatic rings. The lowest BCUT2D eigenvalue weighted by atomic mass is 9.99. The van der Waals surface area contributed by atoms with Crippen LogP contribution >= 0.6 is 0 Å². The van der Waals surface area contributed by atoms with Gasteiger partial charge in [-0.25, -0.2) is 4.79 Å². The average molecular weight is 270 g/mol. The highest BCUT2D eigenvalue weighted by atomic mass is 16.5. The van der Waals surface area contributed by atoms with E-state index in [1.165, 1.54) is 13.8 Å². The molecule has 0 spiro atoms. The highest BCUT2D eigenvalue weighted by Gasteiger charge is 2.47. The molecular weight excluding hydrogens is 252 g/mol. The second-order valence-electron chi connectivity index (χ2n) is 4.75. The van der Waals surface area contributed by atoms with Crippen LogP contribution in [0.5, 0.6) is 0 Å². The van der Waals surface area contributed by atoms with Crippen LogP contribution < -0.4 is 5.32 Å². The Bertz CT molecular complexity index is 434. The zero-order valence-electron chi connectivity index (χ0n) is 11.5. The van der Waals surface area contributed by atoms with Gasteiger partial charge in [0.25, 0.3) is 5.91 Å². The van der Waals surface area contributed by atoms with Gasteiger partial charge in [0.2, 0.25) is 0 Å². The molecule has 1 fully saturated rings. The third kappa shape index (κ3) is 3.10. The molecular formula is C12H18N2O5. The molecule has 1 heterocycles. The number of carbonyl (C=O) groups excluding carboxylic acids is 4. The molecule has 106 valence electrons. The van der Waals surface area contributed by atoms with Crippen LogP contribution in [0.4, 0.5) is 4.79 Å². The van der Waals surface area contributed by atoms with Crippen molar-refractivity contribution < 1.29 is 23.9 Å². The minimum absolute atomic E-state index is 0.302. The molecule has 0 radical (unpaired) electrons. The standard InChI is InChI=1S/C12H18N2O5/c1-5-12(4)10(17)14(11(18)13-12)6-9(16)19-8(3)7(2)15/h8H,5-6H2,1-4H3,(H,13,18)/t8-,12-/m0/s1. The summed E-state index contributed by atoms with van der Waals surface area (Å²) in [5.74, 6) is -1.55. The van der Waals surface area contributed by atoms with Crippen molar-refractivity contribution in [1.29, 1.82) is 0 Å². The Balaban J connectivity index is 2.68. The van der Waals surface area contributed by atoms with E-state index in [1.54, 1.807) is 13.8 Å². The van der Waals surface area contributed by atoms with E-state index in [4.69, 9.17) is 4.74 Å². The second-order valence-corrected chi connectivity index (χ2v) is 4.75.